The van der Waals surface area contributed by atoms with Crippen molar-refractivity contribution in [2.45, 2.75) is 59.1 Å². The summed E-state index contributed by atoms with van der Waals surface area (Å²) in [5, 5.41) is 4.00. The molecule has 5 heteroatoms. The number of ether oxygens (including phenoxy) is 1. The summed E-state index contributed by atoms with van der Waals surface area (Å²) in [7, 11) is 1.65. The first-order valence-electron chi connectivity index (χ1n) is 6.36. The molecule has 0 amide bonds. The number of nitrogens with zero attached hydrogens (tertiary/aromatic N) is 2. The van der Waals surface area contributed by atoms with Crippen molar-refractivity contribution < 1.29 is 9.26 Å². The highest BCUT2D eigenvalue weighted by atomic mass is 16.5. The van der Waals surface area contributed by atoms with E-state index in [1.165, 1.54) is 0 Å². The van der Waals surface area contributed by atoms with Gasteiger partial charge in [-0.3, -0.25) is 0 Å². The Hall–Kier alpha value is -0.940. The van der Waals surface area contributed by atoms with Crippen LogP contribution in [0.2, 0.25) is 0 Å². The Morgan fingerprint density at radius 2 is 1.94 bits per heavy atom. The van der Waals surface area contributed by atoms with Crippen LogP contribution in [0.25, 0.3) is 0 Å². The summed E-state index contributed by atoms with van der Waals surface area (Å²) in [6, 6.07) is -0.0128. The van der Waals surface area contributed by atoms with E-state index in [4.69, 9.17) is 15.0 Å². The van der Waals surface area contributed by atoms with Crippen molar-refractivity contribution in [3.63, 3.8) is 0 Å². The summed E-state index contributed by atoms with van der Waals surface area (Å²) in [6.07, 6.45) is 1.37. The predicted octanol–water partition coefficient (Wildman–Crippen LogP) is 2.26. The minimum Gasteiger partial charge on any atom is -0.370 e. The molecule has 1 aromatic heterocycles. The average Bonchev–Trinajstić information content (AvgIpc) is 2.75. The molecule has 2 atom stereocenters. The fourth-order valence-electron chi connectivity index (χ4n) is 1.44. The van der Waals surface area contributed by atoms with Gasteiger partial charge in [-0.2, -0.15) is 4.98 Å². The van der Waals surface area contributed by atoms with E-state index in [9.17, 15) is 0 Å². The second kappa shape index (κ2) is 5.36. The Labute approximate surface area is 109 Å². The van der Waals surface area contributed by atoms with Gasteiger partial charge in [-0.25, -0.2) is 0 Å². The van der Waals surface area contributed by atoms with E-state index in [0.717, 1.165) is 6.42 Å². The van der Waals surface area contributed by atoms with Crippen molar-refractivity contribution >= 4 is 0 Å². The fourth-order valence-corrected chi connectivity index (χ4v) is 1.44. The van der Waals surface area contributed by atoms with Crippen molar-refractivity contribution in [3.05, 3.63) is 11.7 Å². The second-order valence-electron chi connectivity index (χ2n) is 5.98. The average molecular weight is 255 g/mol. The maximum absolute atomic E-state index is 6.11. The lowest BCUT2D eigenvalue weighted by molar-refractivity contribution is -0.0106. The van der Waals surface area contributed by atoms with Crippen LogP contribution in [-0.4, -0.2) is 23.3 Å². The Balaban J connectivity index is 2.81. The molecular weight excluding hydrogens is 230 g/mol. The van der Waals surface area contributed by atoms with E-state index in [1.807, 2.05) is 13.8 Å². The van der Waals surface area contributed by atoms with E-state index in [2.05, 4.69) is 30.9 Å². The lowest BCUT2D eigenvalue weighted by Gasteiger charge is -2.25. The Bertz CT molecular complexity index is 378. The molecule has 0 aliphatic carbocycles. The normalized spacial score (nSPS) is 17.5. The zero-order valence-corrected chi connectivity index (χ0v) is 12.3. The van der Waals surface area contributed by atoms with Crippen LogP contribution in [0.3, 0.4) is 0 Å². The molecule has 1 heterocycles. The highest BCUT2D eigenvalue weighted by molar-refractivity contribution is 5.00. The van der Waals surface area contributed by atoms with Gasteiger partial charge in [0.15, 0.2) is 0 Å². The largest absolute Gasteiger partial charge is 0.370 e. The molecule has 104 valence electrons. The first kappa shape index (κ1) is 15.1. The van der Waals surface area contributed by atoms with E-state index in [0.29, 0.717) is 18.1 Å². The van der Waals surface area contributed by atoms with Crippen LogP contribution in [0.15, 0.2) is 4.52 Å². The molecule has 5 nitrogen and oxygen atoms in total. The molecule has 2 unspecified atom stereocenters. The standard InChI is InChI=1S/C13H25N3O2/c1-7-13(5,17-6)11-15-10(18-16-11)8-9(14)12(2,3)4/h9H,7-8,14H2,1-6H3. The van der Waals surface area contributed by atoms with Crippen molar-refractivity contribution in [2.24, 2.45) is 11.1 Å². The van der Waals surface area contributed by atoms with Gasteiger partial charge in [0.05, 0.1) is 0 Å². The molecule has 1 aromatic rings. The zero-order chi connectivity index (χ0) is 14.0. The Kier molecular flexibility index (Phi) is 4.50. The van der Waals surface area contributed by atoms with Gasteiger partial charge in [0.2, 0.25) is 11.7 Å². The quantitative estimate of drug-likeness (QED) is 0.873. The number of nitrogens with two attached hydrogens (primary N) is 1. The van der Waals surface area contributed by atoms with Gasteiger partial charge in [-0.05, 0) is 18.8 Å². The topological polar surface area (TPSA) is 74.2 Å². The van der Waals surface area contributed by atoms with Crippen molar-refractivity contribution in [3.8, 4) is 0 Å². The molecule has 0 fully saturated rings. The Morgan fingerprint density at radius 3 is 2.39 bits per heavy atom. The summed E-state index contributed by atoms with van der Waals surface area (Å²) in [5.74, 6) is 1.16. The van der Waals surface area contributed by atoms with Crippen LogP contribution in [0.5, 0.6) is 0 Å². The third-order valence-corrected chi connectivity index (χ3v) is 3.57. The fraction of sp³-hybridized carbons (Fsp3) is 0.846. The molecule has 2 N–H and O–H groups in total. The lowest BCUT2D eigenvalue weighted by Crippen LogP contribution is -2.37. The minimum absolute atomic E-state index is 0.0128. The molecule has 0 spiro atoms. The van der Waals surface area contributed by atoms with Gasteiger partial charge in [-0.15, -0.1) is 0 Å². The van der Waals surface area contributed by atoms with Gasteiger partial charge in [0.25, 0.3) is 0 Å². The predicted molar refractivity (Wildman–Crippen MR) is 70.1 cm³/mol. The smallest absolute Gasteiger partial charge is 0.228 e. The van der Waals surface area contributed by atoms with Gasteiger partial charge >= 0.3 is 0 Å². The number of hydrogen-bond donors (Lipinski definition) is 1. The number of aromatic nitrogens is 2. The number of hydrogen-bond acceptors (Lipinski definition) is 5. The summed E-state index contributed by atoms with van der Waals surface area (Å²) in [4.78, 5) is 4.39. The maximum Gasteiger partial charge on any atom is 0.228 e. The van der Waals surface area contributed by atoms with Crippen LogP contribution in [0.4, 0.5) is 0 Å². The third kappa shape index (κ3) is 3.29. The Morgan fingerprint density at radius 1 is 1.33 bits per heavy atom. The molecule has 0 saturated heterocycles. The van der Waals surface area contributed by atoms with Crippen LogP contribution < -0.4 is 5.73 Å². The summed E-state index contributed by atoms with van der Waals surface area (Å²) >= 11 is 0. The molecular formula is C13H25N3O2. The van der Waals surface area contributed by atoms with Crippen molar-refractivity contribution in [1.29, 1.82) is 0 Å². The van der Waals surface area contributed by atoms with E-state index < -0.39 is 5.60 Å². The van der Waals surface area contributed by atoms with Crippen LogP contribution in [0.1, 0.15) is 52.8 Å². The van der Waals surface area contributed by atoms with E-state index in [-0.39, 0.29) is 11.5 Å². The van der Waals surface area contributed by atoms with Crippen LogP contribution in [-0.2, 0) is 16.8 Å². The third-order valence-electron chi connectivity index (χ3n) is 3.57. The highest BCUT2D eigenvalue weighted by Crippen LogP contribution is 2.26. The highest BCUT2D eigenvalue weighted by Gasteiger charge is 2.31. The van der Waals surface area contributed by atoms with Gasteiger partial charge in [0, 0.05) is 19.6 Å². The van der Waals surface area contributed by atoms with Crippen molar-refractivity contribution in [1.82, 2.24) is 10.1 Å². The molecule has 0 aliphatic heterocycles. The van der Waals surface area contributed by atoms with Gasteiger partial charge in [0.1, 0.15) is 5.60 Å². The molecule has 1 rings (SSSR count). The SMILES string of the molecule is CCC(C)(OC)c1noc(CC(N)C(C)(C)C)n1. The number of rotatable bonds is 5. The monoisotopic (exact) mass is 255 g/mol. The zero-order valence-electron chi connectivity index (χ0n) is 12.3. The van der Waals surface area contributed by atoms with E-state index >= 15 is 0 Å². The molecule has 0 radical (unpaired) electrons. The van der Waals surface area contributed by atoms with E-state index in [1.54, 1.807) is 7.11 Å². The molecule has 18 heavy (non-hydrogen) atoms. The summed E-state index contributed by atoms with van der Waals surface area (Å²) in [5.41, 5.74) is 5.63. The van der Waals surface area contributed by atoms with Gasteiger partial charge in [-0.1, -0.05) is 32.9 Å². The first-order chi connectivity index (χ1) is 8.23. The summed E-state index contributed by atoms with van der Waals surface area (Å²) < 4.78 is 10.7. The first-order valence-corrected chi connectivity index (χ1v) is 6.36. The maximum atomic E-state index is 6.11. The van der Waals surface area contributed by atoms with Gasteiger partial charge < -0.3 is 15.0 Å². The molecule has 0 aromatic carbocycles. The minimum atomic E-state index is -0.492. The molecule has 0 bridgehead atoms. The van der Waals surface area contributed by atoms with Crippen molar-refractivity contribution in [2.75, 3.05) is 7.11 Å². The molecule has 0 saturated carbocycles. The molecule has 0 aliphatic rings. The number of methoxy groups -OCH3 is 1. The van der Waals surface area contributed by atoms with Crippen LogP contribution in [0, 0.1) is 5.41 Å². The lowest BCUT2D eigenvalue weighted by atomic mass is 9.85. The summed E-state index contributed by atoms with van der Waals surface area (Å²) in [6.45, 7) is 10.3. The second-order valence-corrected chi connectivity index (χ2v) is 5.98. The van der Waals surface area contributed by atoms with Crippen LogP contribution >= 0.6 is 0 Å².